The predicted molar refractivity (Wildman–Crippen MR) is 78.1 cm³/mol. The normalized spacial score (nSPS) is 19.3. The molecular formula is C15H15ClN2O2. The molecule has 4 nitrogen and oxygen atoms in total. The van der Waals surface area contributed by atoms with Crippen LogP contribution in [0.15, 0.2) is 30.5 Å². The minimum atomic E-state index is -0.0134. The van der Waals surface area contributed by atoms with Crippen LogP contribution in [0.1, 0.15) is 17.3 Å². The van der Waals surface area contributed by atoms with Crippen molar-refractivity contribution in [3.8, 4) is 0 Å². The van der Waals surface area contributed by atoms with Crippen molar-refractivity contribution < 1.29 is 9.53 Å². The minimum Gasteiger partial charge on any atom is -0.375 e. The molecule has 104 valence electrons. The van der Waals surface area contributed by atoms with Gasteiger partial charge in [-0.25, -0.2) is 4.98 Å². The fraction of sp³-hybridized carbons (Fsp3) is 0.333. The average Bonchev–Trinajstić information content (AvgIpc) is 2.47. The Hall–Kier alpha value is -1.65. The van der Waals surface area contributed by atoms with Crippen molar-refractivity contribution in [1.82, 2.24) is 9.88 Å². The molecule has 0 aliphatic carbocycles. The molecule has 0 N–H and O–H groups in total. The van der Waals surface area contributed by atoms with Crippen LogP contribution in [0.25, 0.3) is 10.8 Å². The summed E-state index contributed by atoms with van der Waals surface area (Å²) in [5.41, 5.74) is 0.596. The Morgan fingerprint density at radius 1 is 1.40 bits per heavy atom. The number of pyridine rings is 1. The van der Waals surface area contributed by atoms with E-state index in [2.05, 4.69) is 4.98 Å². The van der Waals surface area contributed by atoms with E-state index in [-0.39, 0.29) is 12.0 Å². The number of benzene rings is 1. The molecular weight excluding hydrogens is 276 g/mol. The smallest absolute Gasteiger partial charge is 0.256 e. The Balaban J connectivity index is 2.01. The first-order chi connectivity index (χ1) is 9.66. The highest BCUT2D eigenvalue weighted by Gasteiger charge is 2.24. The predicted octanol–water partition coefficient (Wildman–Crippen LogP) is 2.75. The Labute approximate surface area is 122 Å². The SMILES string of the molecule is CC1CN(C(=O)c2cnc(Cl)c3ccccc23)CCO1. The van der Waals surface area contributed by atoms with Crippen LogP contribution in [-0.2, 0) is 4.74 Å². The van der Waals surface area contributed by atoms with Crippen molar-refractivity contribution in [3.05, 3.63) is 41.2 Å². The maximum atomic E-state index is 12.7. The number of fused-ring (bicyclic) bond motifs is 1. The number of morpholine rings is 1. The molecule has 0 bridgehead atoms. The molecule has 1 fully saturated rings. The van der Waals surface area contributed by atoms with Crippen LogP contribution in [0.2, 0.25) is 5.15 Å². The zero-order valence-corrected chi connectivity index (χ0v) is 11.9. The van der Waals surface area contributed by atoms with Crippen LogP contribution >= 0.6 is 11.6 Å². The van der Waals surface area contributed by atoms with Gasteiger partial charge in [0.1, 0.15) is 5.15 Å². The lowest BCUT2D eigenvalue weighted by molar-refractivity contribution is -0.0123. The highest BCUT2D eigenvalue weighted by Crippen LogP contribution is 2.25. The fourth-order valence-electron chi connectivity index (χ4n) is 2.50. The summed E-state index contributed by atoms with van der Waals surface area (Å²) in [6, 6.07) is 7.57. The first-order valence-corrected chi connectivity index (χ1v) is 6.98. The highest BCUT2D eigenvalue weighted by molar-refractivity contribution is 6.34. The topological polar surface area (TPSA) is 42.4 Å². The van der Waals surface area contributed by atoms with Crippen molar-refractivity contribution >= 4 is 28.3 Å². The lowest BCUT2D eigenvalue weighted by Crippen LogP contribution is -2.44. The maximum absolute atomic E-state index is 12.7. The second-order valence-corrected chi connectivity index (χ2v) is 5.30. The molecule has 1 aliphatic rings. The van der Waals surface area contributed by atoms with Gasteiger partial charge in [-0.05, 0) is 12.3 Å². The summed E-state index contributed by atoms with van der Waals surface area (Å²) in [4.78, 5) is 18.6. The van der Waals surface area contributed by atoms with E-state index in [1.807, 2.05) is 36.1 Å². The Bertz CT molecular complexity index is 659. The summed E-state index contributed by atoms with van der Waals surface area (Å²) < 4.78 is 5.47. The Morgan fingerprint density at radius 2 is 2.15 bits per heavy atom. The van der Waals surface area contributed by atoms with Crippen molar-refractivity contribution in [1.29, 1.82) is 0 Å². The maximum Gasteiger partial charge on any atom is 0.256 e. The largest absolute Gasteiger partial charge is 0.375 e. The van der Waals surface area contributed by atoms with Crippen molar-refractivity contribution in [2.45, 2.75) is 13.0 Å². The van der Waals surface area contributed by atoms with Crippen LogP contribution in [0, 0.1) is 0 Å². The highest BCUT2D eigenvalue weighted by atomic mass is 35.5. The van der Waals surface area contributed by atoms with Crippen LogP contribution < -0.4 is 0 Å². The molecule has 0 radical (unpaired) electrons. The number of carbonyl (C=O) groups is 1. The van der Waals surface area contributed by atoms with E-state index in [1.165, 1.54) is 0 Å². The zero-order chi connectivity index (χ0) is 14.1. The summed E-state index contributed by atoms with van der Waals surface area (Å²) in [5.74, 6) is -0.0134. The van der Waals surface area contributed by atoms with Crippen LogP contribution in [0.3, 0.4) is 0 Å². The fourth-order valence-corrected chi connectivity index (χ4v) is 2.72. The second-order valence-electron chi connectivity index (χ2n) is 4.94. The summed E-state index contributed by atoms with van der Waals surface area (Å²) in [6.45, 7) is 3.76. The first-order valence-electron chi connectivity index (χ1n) is 6.61. The third-order valence-corrected chi connectivity index (χ3v) is 3.81. The number of halogens is 1. The number of amides is 1. The van der Waals surface area contributed by atoms with Gasteiger partial charge in [-0.1, -0.05) is 35.9 Å². The van der Waals surface area contributed by atoms with Gasteiger partial charge in [0.25, 0.3) is 5.91 Å². The number of hydrogen-bond acceptors (Lipinski definition) is 3. The van der Waals surface area contributed by atoms with E-state index in [0.717, 1.165) is 10.8 Å². The van der Waals surface area contributed by atoms with E-state index in [4.69, 9.17) is 16.3 Å². The van der Waals surface area contributed by atoms with E-state index in [1.54, 1.807) is 6.20 Å². The Morgan fingerprint density at radius 3 is 2.90 bits per heavy atom. The van der Waals surface area contributed by atoms with Gasteiger partial charge < -0.3 is 9.64 Å². The van der Waals surface area contributed by atoms with Gasteiger partial charge in [-0.3, -0.25) is 4.79 Å². The summed E-state index contributed by atoms with van der Waals surface area (Å²) in [6.07, 6.45) is 1.63. The van der Waals surface area contributed by atoms with Crippen LogP contribution in [0.5, 0.6) is 0 Å². The molecule has 2 heterocycles. The molecule has 1 unspecified atom stereocenters. The molecule has 1 saturated heterocycles. The molecule has 2 aromatic rings. The molecule has 20 heavy (non-hydrogen) atoms. The number of nitrogens with zero attached hydrogens (tertiary/aromatic N) is 2. The average molecular weight is 291 g/mol. The molecule has 5 heteroatoms. The minimum absolute atomic E-state index is 0.0134. The van der Waals surface area contributed by atoms with E-state index in [0.29, 0.717) is 30.4 Å². The molecule has 1 amide bonds. The Kier molecular flexibility index (Phi) is 3.59. The van der Waals surface area contributed by atoms with Gasteiger partial charge in [0, 0.05) is 24.7 Å². The second kappa shape index (κ2) is 5.38. The van der Waals surface area contributed by atoms with Gasteiger partial charge in [-0.15, -0.1) is 0 Å². The molecule has 1 aliphatic heterocycles. The molecule has 1 atom stereocenters. The third-order valence-electron chi connectivity index (χ3n) is 3.51. The third kappa shape index (κ3) is 2.37. The van der Waals surface area contributed by atoms with Gasteiger partial charge in [-0.2, -0.15) is 0 Å². The van der Waals surface area contributed by atoms with Gasteiger partial charge in [0.2, 0.25) is 0 Å². The van der Waals surface area contributed by atoms with Gasteiger partial charge >= 0.3 is 0 Å². The summed E-state index contributed by atoms with van der Waals surface area (Å²) >= 11 is 6.09. The van der Waals surface area contributed by atoms with Crippen molar-refractivity contribution in [2.24, 2.45) is 0 Å². The van der Waals surface area contributed by atoms with E-state index in [9.17, 15) is 4.79 Å². The van der Waals surface area contributed by atoms with Crippen LogP contribution in [-0.4, -0.2) is 41.6 Å². The number of aromatic nitrogens is 1. The quantitative estimate of drug-likeness (QED) is 0.759. The number of carbonyl (C=O) groups excluding carboxylic acids is 1. The van der Waals surface area contributed by atoms with Gasteiger partial charge in [0.05, 0.1) is 18.3 Å². The monoisotopic (exact) mass is 290 g/mol. The lowest BCUT2D eigenvalue weighted by atomic mass is 10.1. The van der Waals surface area contributed by atoms with E-state index >= 15 is 0 Å². The van der Waals surface area contributed by atoms with Crippen molar-refractivity contribution in [2.75, 3.05) is 19.7 Å². The summed E-state index contributed by atoms with van der Waals surface area (Å²) in [7, 11) is 0. The standard InChI is InChI=1S/C15H15ClN2O2/c1-10-9-18(6-7-20-10)15(19)13-8-17-14(16)12-5-3-2-4-11(12)13/h2-5,8,10H,6-7,9H2,1H3. The molecule has 0 saturated carbocycles. The van der Waals surface area contributed by atoms with Crippen LogP contribution in [0.4, 0.5) is 0 Å². The first kappa shape index (κ1) is 13.3. The number of ether oxygens (including phenoxy) is 1. The van der Waals surface area contributed by atoms with Crippen molar-refractivity contribution in [3.63, 3.8) is 0 Å². The lowest BCUT2D eigenvalue weighted by Gasteiger charge is -2.31. The molecule has 1 aromatic heterocycles. The molecule has 1 aromatic carbocycles. The number of hydrogen-bond donors (Lipinski definition) is 0. The summed E-state index contributed by atoms with van der Waals surface area (Å²) in [5, 5.41) is 2.07. The zero-order valence-electron chi connectivity index (χ0n) is 11.2. The van der Waals surface area contributed by atoms with Gasteiger partial charge in [0.15, 0.2) is 0 Å². The molecule has 3 rings (SSSR count). The van der Waals surface area contributed by atoms with E-state index < -0.39 is 0 Å². The molecule has 0 spiro atoms. The number of rotatable bonds is 1.